The van der Waals surface area contributed by atoms with E-state index < -0.39 is 0 Å². The molecule has 0 aliphatic carbocycles. The van der Waals surface area contributed by atoms with Crippen molar-refractivity contribution in [2.24, 2.45) is 0 Å². The van der Waals surface area contributed by atoms with Crippen LogP contribution >= 0.6 is 0 Å². The maximum absolute atomic E-state index is 13.6. The summed E-state index contributed by atoms with van der Waals surface area (Å²) in [6, 6.07) is 19.9. The summed E-state index contributed by atoms with van der Waals surface area (Å²) < 4.78 is 29.4. The first-order chi connectivity index (χ1) is 19.1. The highest BCUT2D eigenvalue weighted by atomic mass is 16.7. The molecule has 0 N–H and O–H groups in total. The Morgan fingerprint density at radius 1 is 0.846 bits per heavy atom. The van der Waals surface area contributed by atoms with Gasteiger partial charge >= 0.3 is 0 Å². The molecule has 4 aromatic rings. The molecule has 1 aliphatic rings. The van der Waals surface area contributed by atoms with E-state index in [4.69, 9.17) is 23.7 Å². The molecule has 0 radical (unpaired) electrons. The number of carbonyl (C=O) groups excluding carboxylic acids is 1. The van der Waals surface area contributed by atoms with Crippen molar-refractivity contribution < 1.29 is 28.5 Å². The van der Waals surface area contributed by atoms with Gasteiger partial charge in [-0.25, -0.2) is 0 Å². The summed E-state index contributed by atoms with van der Waals surface area (Å²) >= 11 is 0. The van der Waals surface area contributed by atoms with E-state index in [0.717, 1.165) is 39.2 Å². The average Bonchev–Trinajstić information content (AvgIpc) is 3.23. The van der Waals surface area contributed by atoms with E-state index in [1.165, 1.54) is 0 Å². The van der Waals surface area contributed by atoms with Gasteiger partial charge in [0.1, 0.15) is 6.61 Å². The summed E-state index contributed by atoms with van der Waals surface area (Å²) in [4.78, 5) is 15.4. The molecule has 0 saturated carbocycles. The van der Waals surface area contributed by atoms with Gasteiger partial charge in [-0.05, 0) is 54.8 Å². The van der Waals surface area contributed by atoms with E-state index in [9.17, 15) is 4.79 Å². The number of anilines is 1. The molecule has 204 valence electrons. The fraction of sp³-hybridized carbons (Fsp3) is 0.344. The molecule has 0 fully saturated rings. The summed E-state index contributed by atoms with van der Waals surface area (Å²) in [5.41, 5.74) is 2.63. The van der Waals surface area contributed by atoms with Crippen LogP contribution in [0.1, 0.15) is 42.6 Å². The molecule has 39 heavy (non-hydrogen) atoms. The van der Waals surface area contributed by atoms with Crippen molar-refractivity contribution in [1.82, 2.24) is 0 Å². The fourth-order valence-corrected chi connectivity index (χ4v) is 5.37. The normalized spacial score (nSPS) is 12.6. The molecule has 0 unspecified atom stereocenters. The van der Waals surface area contributed by atoms with Crippen LogP contribution in [0.4, 0.5) is 5.69 Å². The molecule has 0 spiro atoms. The van der Waals surface area contributed by atoms with Gasteiger partial charge in [0.2, 0.25) is 5.75 Å². The van der Waals surface area contributed by atoms with E-state index in [-0.39, 0.29) is 12.2 Å². The van der Waals surface area contributed by atoms with Crippen LogP contribution in [0.5, 0.6) is 17.2 Å². The van der Waals surface area contributed by atoms with Crippen LogP contribution in [0, 0.1) is 0 Å². The third-order valence-electron chi connectivity index (χ3n) is 7.06. The number of hydrogen-bond acceptors (Lipinski definition) is 6. The van der Waals surface area contributed by atoms with Gasteiger partial charge in [-0.1, -0.05) is 42.5 Å². The number of hydrogen-bond donors (Lipinski definition) is 0. The zero-order valence-corrected chi connectivity index (χ0v) is 23.0. The highest BCUT2D eigenvalue weighted by Crippen LogP contribution is 2.50. The molecular weight excluding hydrogens is 494 g/mol. The first-order valence-corrected chi connectivity index (χ1v) is 13.5. The number of amides is 1. The molecule has 4 aromatic carbocycles. The van der Waals surface area contributed by atoms with Crippen molar-refractivity contribution in [2.45, 2.75) is 39.6 Å². The van der Waals surface area contributed by atoms with E-state index >= 15 is 0 Å². The van der Waals surface area contributed by atoms with E-state index in [1.807, 2.05) is 73.3 Å². The number of methoxy groups -OCH3 is 2. The largest absolute Gasteiger partial charge is 0.493 e. The minimum Gasteiger partial charge on any atom is -0.493 e. The summed E-state index contributed by atoms with van der Waals surface area (Å²) in [5.74, 6) is 1.70. The first kappa shape index (κ1) is 26.8. The third-order valence-corrected chi connectivity index (χ3v) is 7.06. The van der Waals surface area contributed by atoms with Crippen molar-refractivity contribution in [1.29, 1.82) is 0 Å². The van der Waals surface area contributed by atoms with Crippen molar-refractivity contribution in [3.63, 3.8) is 0 Å². The van der Waals surface area contributed by atoms with Gasteiger partial charge in [0.25, 0.3) is 5.91 Å². The molecule has 0 aromatic heterocycles. The van der Waals surface area contributed by atoms with Crippen molar-refractivity contribution >= 4 is 33.1 Å². The number of carbonyl (C=O) groups is 1. The van der Waals surface area contributed by atoms with E-state index in [0.29, 0.717) is 55.6 Å². The van der Waals surface area contributed by atoms with Gasteiger partial charge in [0.05, 0.1) is 19.9 Å². The Morgan fingerprint density at radius 2 is 1.62 bits per heavy atom. The van der Waals surface area contributed by atoms with Crippen LogP contribution in [0.15, 0.2) is 60.7 Å². The van der Waals surface area contributed by atoms with Crippen molar-refractivity contribution in [3.05, 3.63) is 71.8 Å². The second kappa shape index (κ2) is 11.9. The summed E-state index contributed by atoms with van der Waals surface area (Å²) in [7, 11) is 3.26. The quantitative estimate of drug-likeness (QED) is 0.141. The third kappa shape index (κ3) is 5.12. The van der Waals surface area contributed by atoms with Crippen LogP contribution in [0.3, 0.4) is 0 Å². The van der Waals surface area contributed by atoms with Crippen LogP contribution in [-0.2, 0) is 16.1 Å². The second-order valence-corrected chi connectivity index (χ2v) is 9.38. The minimum atomic E-state index is -0.264. The topological polar surface area (TPSA) is 66.5 Å². The molecule has 0 atom stereocenters. The minimum absolute atomic E-state index is 0.00163. The Labute approximate surface area is 229 Å². The molecule has 5 rings (SSSR count). The predicted octanol–water partition coefficient (Wildman–Crippen LogP) is 6.73. The molecule has 7 nitrogen and oxygen atoms in total. The zero-order chi connectivity index (χ0) is 27.4. The van der Waals surface area contributed by atoms with Crippen LogP contribution < -0.4 is 19.1 Å². The van der Waals surface area contributed by atoms with Gasteiger partial charge in [0, 0.05) is 42.5 Å². The number of ether oxygens (including phenoxy) is 5. The predicted molar refractivity (Wildman–Crippen MR) is 153 cm³/mol. The maximum atomic E-state index is 13.6. The summed E-state index contributed by atoms with van der Waals surface area (Å²) in [5, 5.41) is 3.68. The van der Waals surface area contributed by atoms with E-state index in [2.05, 4.69) is 6.07 Å². The Kier molecular flexibility index (Phi) is 8.19. The van der Waals surface area contributed by atoms with Crippen LogP contribution in [0.2, 0.25) is 0 Å². The number of rotatable bonds is 13. The Hall–Kier alpha value is -3.81. The number of fused-ring (bicyclic) bond motifs is 2. The first-order valence-electron chi connectivity index (χ1n) is 13.5. The lowest BCUT2D eigenvalue weighted by atomic mass is 9.97. The van der Waals surface area contributed by atoms with E-state index in [1.54, 1.807) is 14.2 Å². The van der Waals surface area contributed by atoms with Crippen LogP contribution in [-0.4, -0.2) is 46.2 Å². The highest BCUT2D eigenvalue weighted by molar-refractivity contribution is 6.30. The lowest BCUT2D eigenvalue weighted by Gasteiger charge is -2.22. The summed E-state index contributed by atoms with van der Waals surface area (Å²) in [6.07, 6.45) is 1.20. The Morgan fingerprint density at radius 3 is 2.31 bits per heavy atom. The van der Waals surface area contributed by atoms with Gasteiger partial charge in [-0.2, -0.15) is 0 Å². The summed E-state index contributed by atoms with van der Waals surface area (Å²) in [6.45, 7) is 6.03. The Balaban J connectivity index is 1.55. The van der Waals surface area contributed by atoms with Crippen molar-refractivity contribution in [3.8, 4) is 17.2 Å². The zero-order valence-electron chi connectivity index (χ0n) is 23.0. The molecule has 0 bridgehead atoms. The van der Waals surface area contributed by atoms with Crippen LogP contribution in [0.25, 0.3) is 21.5 Å². The van der Waals surface area contributed by atoms with Gasteiger partial charge in [-0.3, -0.25) is 4.79 Å². The highest BCUT2D eigenvalue weighted by Gasteiger charge is 2.32. The average molecular weight is 530 g/mol. The SMILES string of the molecule is CCOC(CCCN1C(=O)c2cccc3c2c1cc1cc(OC)c(OCc2ccccc2)c(OC)c13)OCC. The molecule has 1 amide bonds. The monoisotopic (exact) mass is 529 g/mol. The fourth-order valence-electron chi connectivity index (χ4n) is 5.37. The molecule has 7 heteroatoms. The second-order valence-electron chi connectivity index (χ2n) is 9.38. The smallest absolute Gasteiger partial charge is 0.258 e. The standard InChI is InChI=1S/C32H35NO6/c1-5-37-27(38-6-2)16-11-17-33-25-18-22-19-26(35-3)30(39-20-21-12-8-7-9-13-21)31(36-4)28(22)23-14-10-15-24(29(23)25)32(33)34/h7-10,12-15,18-19,27H,5-6,11,16-17,20H2,1-4H3. The molecule has 1 aliphatic heterocycles. The Bertz CT molecular complexity index is 1460. The lowest BCUT2D eigenvalue weighted by Crippen LogP contribution is -2.29. The van der Waals surface area contributed by atoms with Gasteiger partial charge in [-0.15, -0.1) is 0 Å². The number of nitrogens with zero attached hydrogens (tertiary/aromatic N) is 1. The van der Waals surface area contributed by atoms with Gasteiger partial charge < -0.3 is 28.6 Å². The maximum Gasteiger partial charge on any atom is 0.258 e. The number of benzene rings is 4. The molecular formula is C32H35NO6. The van der Waals surface area contributed by atoms with Crippen molar-refractivity contribution in [2.75, 3.05) is 38.9 Å². The van der Waals surface area contributed by atoms with Gasteiger partial charge in [0.15, 0.2) is 17.8 Å². The lowest BCUT2D eigenvalue weighted by molar-refractivity contribution is -0.139. The molecule has 0 saturated heterocycles. The molecule has 1 heterocycles.